The van der Waals surface area contributed by atoms with Gasteiger partial charge in [0.05, 0.1) is 17.6 Å². The predicted octanol–water partition coefficient (Wildman–Crippen LogP) is 2.22. The Labute approximate surface area is 171 Å². The maximum absolute atomic E-state index is 13.5. The third-order valence-corrected chi connectivity index (χ3v) is 7.57. The van der Waals surface area contributed by atoms with Gasteiger partial charge >= 0.3 is 0 Å². The molecule has 2 atom stereocenters. The van der Waals surface area contributed by atoms with E-state index in [1.54, 1.807) is 60.6 Å². The lowest BCUT2D eigenvalue weighted by atomic mass is 10.2. The summed E-state index contributed by atoms with van der Waals surface area (Å²) in [6.45, 7) is 3.27. The van der Waals surface area contributed by atoms with E-state index in [1.165, 1.54) is 4.31 Å². The molecule has 0 unspecified atom stereocenters. The molecule has 0 N–H and O–H groups in total. The van der Waals surface area contributed by atoms with Gasteiger partial charge in [-0.05, 0) is 43.5 Å². The molecule has 1 amide bonds. The van der Waals surface area contributed by atoms with Crippen LogP contribution in [0.1, 0.15) is 24.8 Å². The van der Waals surface area contributed by atoms with E-state index >= 15 is 0 Å². The molecule has 0 saturated carbocycles. The van der Waals surface area contributed by atoms with Gasteiger partial charge in [-0.3, -0.25) is 9.78 Å². The first kappa shape index (κ1) is 19.8. The first-order valence-electron chi connectivity index (χ1n) is 9.90. The van der Waals surface area contributed by atoms with Gasteiger partial charge in [-0.1, -0.05) is 18.2 Å². The monoisotopic (exact) mass is 415 g/mol. The Balaban J connectivity index is 1.64. The number of hydrogen-bond donors (Lipinski definition) is 0. The third kappa shape index (κ3) is 4.00. The van der Waals surface area contributed by atoms with Crippen LogP contribution in [0.25, 0.3) is 0 Å². The van der Waals surface area contributed by atoms with E-state index < -0.39 is 22.2 Å². The highest BCUT2D eigenvalue weighted by Gasteiger charge is 2.46. The molecule has 2 aliphatic rings. The standard InChI is InChI=1S/C21H25N3O4S/c1-16-7-2-3-9-20(16)29(26,27)24-15-18(28-17-8-6-10-22-14-17)13-19(24)21(25)23-11-4-5-12-23/h2-3,6-10,14,18-19H,4-5,11-13,15H2,1H3/t18-,19-/m0/s1. The first-order valence-corrected chi connectivity index (χ1v) is 11.3. The van der Waals surface area contributed by atoms with Crippen molar-refractivity contribution >= 4 is 15.9 Å². The molecule has 1 aromatic heterocycles. The largest absolute Gasteiger partial charge is 0.487 e. The van der Waals surface area contributed by atoms with Gasteiger partial charge in [0, 0.05) is 25.7 Å². The summed E-state index contributed by atoms with van der Waals surface area (Å²) >= 11 is 0. The fourth-order valence-corrected chi connectivity index (χ4v) is 5.93. The Bertz CT molecular complexity index is 974. The average Bonchev–Trinajstić information content (AvgIpc) is 3.39. The number of sulfonamides is 1. The number of carbonyl (C=O) groups is 1. The molecule has 0 spiro atoms. The van der Waals surface area contributed by atoms with Gasteiger partial charge in [-0.2, -0.15) is 4.31 Å². The lowest BCUT2D eigenvalue weighted by molar-refractivity contribution is -0.133. The van der Waals surface area contributed by atoms with E-state index in [1.807, 2.05) is 0 Å². The van der Waals surface area contributed by atoms with E-state index in [-0.39, 0.29) is 17.3 Å². The number of carbonyl (C=O) groups excluding carboxylic acids is 1. The minimum absolute atomic E-state index is 0.128. The molecule has 4 rings (SSSR count). The van der Waals surface area contributed by atoms with Crippen LogP contribution < -0.4 is 4.74 Å². The van der Waals surface area contributed by atoms with Gasteiger partial charge in [0.1, 0.15) is 17.9 Å². The second-order valence-corrected chi connectivity index (χ2v) is 9.41. The van der Waals surface area contributed by atoms with Crippen molar-refractivity contribution in [3.63, 3.8) is 0 Å². The molecule has 2 saturated heterocycles. The van der Waals surface area contributed by atoms with Gasteiger partial charge in [0.2, 0.25) is 15.9 Å². The van der Waals surface area contributed by atoms with Crippen molar-refractivity contribution in [3.8, 4) is 5.75 Å². The van der Waals surface area contributed by atoms with Crippen LogP contribution in [0.5, 0.6) is 5.75 Å². The van der Waals surface area contributed by atoms with Crippen LogP contribution >= 0.6 is 0 Å². The Hall–Kier alpha value is -2.45. The maximum atomic E-state index is 13.5. The molecule has 1 aromatic carbocycles. The smallest absolute Gasteiger partial charge is 0.244 e. The first-order chi connectivity index (χ1) is 14.0. The van der Waals surface area contributed by atoms with E-state index in [0.717, 1.165) is 12.8 Å². The number of aromatic nitrogens is 1. The number of aryl methyl sites for hydroxylation is 1. The van der Waals surface area contributed by atoms with E-state index in [9.17, 15) is 13.2 Å². The summed E-state index contributed by atoms with van der Waals surface area (Å²) in [4.78, 5) is 19.2. The summed E-state index contributed by atoms with van der Waals surface area (Å²) in [5, 5.41) is 0. The number of ether oxygens (including phenoxy) is 1. The molecular formula is C21H25N3O4S. The lowest BCUT2D eigenvalue weighted by Crippen LogP contribution is -2.47. The van der Waals surface area contributed by atoms with Gasteiger partial charge in [-0.15, -0.1) is 0 Å². The number of rotatable bonds is 5. The van der Waals surface area contributed by atoms with Gasteiger partial charge in [-0.25, -0.2) is 8.42 Å². The zero-order chi connectivity index (χ0) is 20.4. The van der Waals surface area contributed by atoms with Crippen molar-refractivity contribution in [1.82, 2.24) is 14.2 Å². The van der Waals surface area contributed by atoms with E-state index in [2.05, 4.69) is 4.98 Å². The minimum atomic E-state index is -3.83. The Morgan fingerprint density at radius 1 is 1.14 bits per heavy atom. The van der Waals surface area contributed by atoms with Crippen molar-refractivity contribution in [2.45, 2.75) is 43.2 Å². The Kier molecular flexibility index (Phi) is 5.56. The number of likely N-dealkylation sites (tertiary alicyclic amines) is 1. The zero-order valence-electron chi connectivity index (χ0n) is 16.4. The molecular weight excluding hydrogens is 390 g/mol. The number of hydrogen-bond acceptors (Lipinski definition) is 5. The number of amides is 1. The highest BCUT2D eigenvalue weighted by atomic mass is 32.2. The summed E-state index contributed by atoms with van der Waals surface area (Å²) in [6, 6.07) is 9.67. The SMILES string of the molecule is Cc1ccccc1S(=O)(=O)N1C[C@@H](Oc2cccnc2)C[C@H]1C(=O)N1CCCC1. The minimum Gasteiger partial charge on any atom is -0.487 e. The van der Waals surface area contributed by atoms with Crippen LogP contribution in [0, 0.1) is 6.92 Å². The van der Waals surface area contributed by atoms with Gasteiger partial charge < -0.3 is 9.64 Å². The average molecular weight is 416 g/mol. The van der Waals surface area contributed by atoms with Crippen LogP contribution in [-0.2, 0) is 14.8 Å². The number of pyridine rings is 1. The van der Waals surface area contributed by atoms with Crippen molar-refractivity contribution in [3.05, 3.63) is 54.4 Å². The molecule has 0 radical (unpaired) electrons. The summed E-state index contributed by atoms with van der Waals surface area (Å²) in [5.41, 5.74) is 0.663. The normalized spacial score (nSPS) is 22.7. The van der Waals surface area contributed by atoms with Crippen molar-refractivity contribution in [2.75, 3.05) is 19.6 Å². The van der Waals surface area contributed by atoms with Crippen LogP contribution in [0.4, 0.5) is 0 Å². The molecule has 2 fully saturated rings. The second-order valence-electron chi connectivity index (χ2n) is 7.55. The van der Waals surface area contributed by atoms with E-state index in [0.29, 0.717) is 30.8 Å². The molecule has 7 nitrogen and oxygen atoms in total. The van der Waals surface area contributed by atoms with Crippen molar-refractivity contribution in [2.24, 2.45) is 0 Å². The van der Waals surface area contributed by atoms with Gasteiger partial charge in [0.25, 0.3) is 0 Å². The topological polar surface area (TPSA) is 79.8 Å². The maximum Gasteiger partial charge on any atom is 0.244 e. The molecule has 2 aliphatic heterocycles. The second kappa shape index (κ2) is 8.12. The summed E-state index contributed by atoms with van der Waals surface area (Å²) in [7, 11) is -3.83. The zero-order valence-corrected chi connectivity index (χ0v) is 17.2. The summed E-state index contributed by atoms with van der Waals surface area (Å²) < 4.78 is 34.2. The summed E-state index contributed by atoms with van der Waals surface area (Å²) in [6.07, 6.45) is 5.08. The molecule has 3 heterocycles. The van der Waals surface area contributed by atoms with Gasteiger partial charge in [0.15, 0.2) is 0 Å². The Morgan fingerprint density at radius 3 is 2.59 bits per heavy atom. The molecule has 29 heavy (non-hydrogen) atoms. The lowest BCUT2D eigenvalue weighted by Gasteiger charge is -2.27. The van der Waals surface area contributed by atoms with Crippen LogP contribution in [0.2, 0.25) is 0 Å². The Morgan fingerprint density at radius 2 is 1.90 bits per heavy atom. The quantitative estimate of drug-likeness (QED) is 0.748. The highest BCUT2D eigenvalue weighted by molar-refractivity contribution is 7.89. The van der Waals surface area contributed by atoms with Crippen molar-refractivity contribution in [1.29, 1.82) is 0 Å². The fraction of sp³-hybridized carbons (Fsp3) is 0.429. The number of benzene rings is 1. The number of nitrogens with zero attached hydrogens (tertiary/aromatic N) is 3. The molecule has 0 aliphatic carbocycles. The van der Waals surface area contributed by atoms with Crippen LogP contribution in [-0.4, -0.2) is 60.3 Å². The summed E-state index contributed by atoms with van der Waals surface area (Å²) in [5.74, 6) is 0.442. The molecule has 0 bridgehead atoms. The third-order valence-electron chi connectivity index (χ3n) is 5.54. The highest BCUT2D eigenvalue weighted by Crippen LogP contribution is 2.31. The molecule has 2 aromatic rings. The van der Waals surface area contributed by atoms with E-state index in [4.69, 9.17) is 4.74 Å². The van der Waals surface area contributed by atoms with Crippen molar-refractivity contribution < 1.29 is 17.9 Å². The van der Waals surface area contributed by atoms with Crippen LogP contribution in [0.15, 0.2) is 53.7 Å². The molecule has 8 heteroatoms. The molecule has 154 valence electrons. The fourth-order valence-electron chi connectivity index (χ4n) is 4.07. The predicted molar refractivity (Wildman–Crippen MR) is 108 cm³/mol. The van der Waals surface area contributed by atoms with Crippen LogP contribution in [0.3, 0.4) is 0 Å².